The molecule has 206 valence electrons. The fourth-order valence-electron chi connectivity index (χ4n) is 4.69. The van der Waals surface area contributed by atoms with Crippen LogP contribution in [0.25, 0.3) is 0 Å². The van der Waals surface area contributed by atoms with Crippen molar-refractivity contribution in [2.75, 3.05) is 16.0 Å². The maximum atomic E-state index is 13.5. The zero-order valence-corrected chi connectivity index (χ0v) is 23.9. The molecule has 0 fully saturated rings. The Hall–Kier alpha value is -3.93. The molecule has 3 N–H and O–H groups in total. The third kappa shape index (κ3) is 8.28. The van der Waals surface area contributed by atoms with Crippen molar-refractivity contribution in [3.8, 4) is 0 Å². The van der Waals surface area contributed by atoms with Gasteiger partial charge < -0.3 is 16.0 Å². The Balaban J connectivity index is 1.82. The van der Waals surface area contributed by atoms with E-state index < -0.39 is 5.92 Å². The smallest absolute Gasteiger partial charge is 0.228 e. The molecule has 0 unspecified atom stereocenters. The van der Waals surface area contributed by atoms with Gasteiger partial charge in [-0.25, -0.2) is 0 Å². The van der Waals surface area contributed by atoms with E-state index in [0.717, 1.165) is 28.1 Å². The van der Waals surface area contributed by atoms with Crippen molar-refractivity contribution >= 4 is 34.8 Å². The summed E-state index contributed by atoms with van der Waals surface area (Å²) in [5, 5.41) is 8.92. The van der Waals surface area contributed by atoms with Crippen LogP contribution < -0.4 is 16.0 Å². The van der Waals surface area contributed by atoms with Crippen LogP contribution in [0.5, 0.6) is 0 Å². The van der Waals surface area contributed by atoms with Gasteiger partial charge >= 0.3 is 0 Å². The Morgan fingerprint density at radius 2 is 0.821 bits per heavy atom. The van der Waals surface area contributed by atoms with Gasteiger partial charge in [-0.2, -0.15) is 0 Å². The lowest BCUT2D eigenvalue weighted by Gasteiger charge is -2.20. The number of carbonyl (C=O) groups is 3. The van der Waals surface area contributed by atoms with Crippen LogP contribution in [0.15, 0.2) is 72.8 Å². The first-order valence-electron chi connectivity index (χ1n) is 13.7. The van der Waals surface area contributed by atoms with Crippen LogP contribution in [0.4, 0.5) is 17.1 Å². The molecular formula is C33H41N3O3. The zero-order chi connectivity index (χ0) is 28.5. The maximum absolute atomic E-state index is 13.5. The molecule has 0 heterocycles. The van der Waals surface area contributed by atoms with E-state index in [4.69, 9.17) is 0 Å². The van der Waals surface area contributed by atoms with Crippen molar-refractivity contribution in [1.82, 2.24) is 0 Å². The molecule has 0 aliphatic heterocycles. The maximum Gasteiger partial charge on any atom is 0.228 e. The Morgan fingerprint density at radius 1 is 0.513 bits per heavy atom. The van der Waals surface area contributed by atoms with Crippen molar-refractivity contribution in [2.24, 2.45) is 5.92 Å². The van der Waals surface area contributed by atoms with Crippen LogP contribution in [0.1, 0.15) is 88.8 Å². The van der Waals surface area contributed by atoms with Crippen molar-refractivity contribution in [1.29, 1.82) is 0 Å². The molecule has 3 aromatic rings. The van der Waals surface area contributed by atoms with Gasteiger partial charge in [0.2, 0.25) is 17.7 Å². The molecule has 0 aromatic heterocycles. The molecule has 0 atom stereocenters. The minimum absolute atomic E-state index is 0.124. The van der Waals surface area contributed by atoms with Crippen LogP contribution >= 0.6 is 0 Å². The lowest BCUT2D eigenvalue weighted by atomic mass is 9.96. The normalized spacial score (nSPS) is 11.2. The van der Waals surface area contributed by atoms with Gasteiger partial charge in [-0.05, 0) is 52.6 Å². The van der Waals surface area contributed by atoms with E-state index in [0.29, 0.717) is 5.69 Å². The molecule has 6 nitrogen and oxygen atoms in total. The van der Waals surface area contributed by atoms with Crippen LogP contribution in [-0.4, -0.2) is 17.7 Å². The van der Waals surface area contributed by atoms with Gasteiger partial charge in [-0.1, -0.05) is 96.1 Å². The lowest BCUT2D eigenvalue weighted by Crippen LogP contribution is -2.31. The molecular weight excluding hydrogens is 486 g/mol. The molecule has 0 aliphatic carbocycles. The molecule has 0 radical (unpaired) electrons. The van der Waals surface area contributed by atoms with E-state index >= 15 is 0 Å². The van der Waals surface area contributed by atoms with Crippen molar-refractivity contribution < 1.29 is 14.4 Å². The molecule has 0 spiro atoms. The van der Waals surface area contributed by atoms with Gasteiger partial charge in [-0.3, -0.25) is 14.4 Å². The topological polar surface area (TPSA) is 87.3 Å². The van der Waals surface area contributed by atoms with Gasteiger partial charge in [0, 0.05) is 29.9 Å². The summed E-state index contributed by atoms with van der Waals surface area (Å²) in [6.07, 6.45) is -0.247. The first-order chi connectivity index (χ1) is 18.6. The highest BCUT2D eigenvalue weighted by molar-refractivity contribution is 6.02. The average molecular weight is 528 g/mol. The summed E-state index contributed by atoms with van der Waals surface area (Å²) >= 11 is 0. The Bertz CT molecular complexity index is 1230. The highest BCUT2D eigenvalue weighted by atomic mass is 16.2. The second-order valence-corrected chi connectivity index (χ2v) is 10.9. The fourth-order valence-corrected chi connectivity index (χ4v) is 4.69. The number of nitrogens with one attached hydrogen (secondary N) is 3. The molecule has 3 amide bonds. The van der Waals surface area contributed by atoms with Crippen LogP contribution in [0.3, 0.4) is 0 Å². The van der Waals surface area contributed by atoms with Crippen molar-refractivity contribution in [3.05, 3.63) is 89.5 Å². The standard InChI is InChI=1S/C33H41N3O3/c1-21(2)25-13-7-10-16-28(25)34-31(37)19-24(33(39)36-30-18-12-9-15-27(30)23(5)6)20-32(38)35-29-17-11-8-14-26(29)22(3)4/h7-18,21-24H,19-20H2,1-6H3,(H,34,37)(H,35,38)(H,36,39). The number of rotatable bonds is 11. The van der Waals surface area contributed by atoms with E-state index in [1.54, 1.807) is 0 Å². The predicted molar refractivity (Wildman–Crippen MR) is 160 cm³/mol. The third-order valence-corrected chi connectivity index (χ3v) is 6.79. The van der Waals surface area contributed by atoms with Crippen LogP contribution in [0, 0.1) is 5.92 Å². The summed E-state index contributed by atoms with van der Waals surface area (Å²) in [6.45, 7) is 12.4. The second kappa shape index (κ2) is 13.7. The quantitative estimate of drug-likeness (QED) is 0.239. The summed E-state index contributed by atoms with van der Waals surface area (Å²) in [7, 11) is 0. The number of hydrogen-bond acceptors (Lipinski definition) is 3. The number of carbonyl (C=O) groups excluding carboxylic acids is 3. The molecule has 0 saturated heterocycles. The van der Waals surface area contributed by atoms with E-state index in [1.807, 2.05) is 72.8 Å². The average Bonchev–Trinajstić information content (AvgIpc) is 2.88. The third-order valence-electron chi connectivity index (χ3n) is 6.79. The van der Waals surface area contributed by atoms with E-state index in [1.165, 1.54) is 0 Å². The minimum atomic E-state index is -0.859. The van der Waals surface area contributed by atoms with Crippen molar-refractivity contribution in [2.45, 2.75) is 72.1 Å². The Kier molecular flexibility index (Phi) is 10.4. The van der Waals surface area contributed by atoms with Crippen LogP contribution in [-0.2, 0) is 14.4 Å². The summed E-state index contributed by atoms with van der Waals surface area (Å²) in [5.41, 5.74) is 5.16. The Labute approximate surface area is 232 Å². The van der Waals surface area contributed by atoms with Crippen molar-refractivity contribution in [3.63, 3.8) is 0 Å². The zero-order valence-electron chi connectivity index (χ0n) is 23.9. The van der Waals surface area contributed by atoms with Gasteiger partial charge in [-0.15, -0.1) is 0 Å². The number of anilines is 3. The van der Waals surface area contributed by atoms with Gasteiger partial charge in [0.15, 0.2) is 0 Å². The first-order valence-corrected chi connectivity index (χ1v) is 13.7. The van der Waals surface area contributed by atoms with E-state index in [9.17, 15) is 14.4 Å². The fraction of sp³-hybridized carbons (Fsp3) is 0.364. The molecule has 3 rings (SSSR count). The number of benzene rings is 3. The highest BCUT2D eigenvalue weighted by Crippen LogP contribution is 2.28. The van der Waals surface area contributed by atoms with Crippen LogP contribution in [0.2, 0.25) is 0 Å². The molecule has 3 aromatic carbocycles. The summed E-state index contributed by atoms with van der Waals surface area (Å²) < 4.78 is 0. The summed E-state index contributed by atoms with van der Waals surface area (Å²) in [6, 6.07) is 22.9. The molecule has 0 aliphatic rings. The van der Waals surface area contributed by atoms with Gasteiger partial charge in [0.1, 0.15) is 0 Å². The number of amides is 3. The summed E-state index contributed by atoms with van der Waals surface area (Å²) in [5.74, 6) is -1.19. The molecule has 39 heavy (non-hydrogen) atoms. The van der Waals surface area contributed by atoms with Gasteiger partial charge in [0.25, 0.3) is 0 Å². The number of hydrogen-bond donors (Lipinski definition) is 3. The van der Waals surface area contributed by atoms with E-state index in [-0.39, 0.29) is 48.3 Å². The molecule has 0 bridgehead atoms. The van der Waals surface area contributed by atoms with Gasteiger partial charge in [0.05, 0.1) is 5.92 Å². The first kappa shape index (κ1) is 29.6. The summed E-state index contributed by atoms with van der Waals surface area (Å²) in [4.78, 5) is 39.9. The minimum Gasteiger partial charge on any atom is -0.326 e. The number of para-hydroxylation sites is 3. The Morgan fingerprint density at radius 3 is 1.15 bits per heavy atom. The monoisotopic (exact) mass is 527 g/mol. The SMILES string of the molecule is CC(C)c1ccccc1NC(=O)CC(CC(=O)Nc1ccccc1C(C)C)C(=O)Nc1ccccc1C(C)C. The lowest BCUT2D eigenvalue weighted by molar-refractivity contribution is -0.127. The van der Waals surface area contributed by atoms with E-state index in [2.05, 4.69) is 57.5 Å². The predicted octanol–water partition coefficient (Wildman–Crippen LogP) is 7.67. The molecule has 6 heteroatoms. The highest BCUT2D eigenvalue weighted by Gasteiger charge is 2.27. The second-order valence-electron chi connectivity index (χ2n) is 10.9. The largest absolute Gasteiger partial charge is 0.326 e. The molecule has 0 saturated carbocycles.